The van der Waals surface area contributed by atoms with Crippen LogP contribution in [0.25, 0.3) is 22.5 Å². The zero-order valence-electron chi connectivity index (χ0n) is 10.6. The fraction of sp³-hybridized carbons (Fsp3) is 0. The van der Waals surface area contributed by atoms with Gasteiger partial charge in [-0.3, -0.25) is 0 Å². The van der Waals surface area contributed by atoms with E-state index in [2.05, 4.69) is 21.1 Å². The maximum absolute atomic E-state index is 14.1. The van der Waals surface area contributed by atoms with E-state index in [1.165, 1.54) is 30.3 Å². The SMILES string of the molecule is Nc1noc(-c2c(F)cccc2Br)c1-c1ccc(F)cc1. The van der Waals surface area contributed by atoms with Crippen molar-refractivity contribution >= 4 is 21.7 Å². The summed E-state index contributed by atoms with van der Waals surface area (Å²) in [5.41, 5.74) is 7.06. The smallest absolute Gasteiger partial charge is 0.181 e. The topological polar surface area (TPSA) is 52.0 Å². The van der Waals surface area contributed by atoms with Crippen molar-refractivity contribution in [2.45, 2.75) is 0 Å². The molecule has 6 heteroatoms. The Morgan fingerprint density at radius 1 is 1.00 bits per heavy atom. The standard InChI is InChI=1S/C15H9BrF2N2O/c16-10-2-1-3-11(18)13(10)14-12(15(19)20-21-14)8-4-6-9(17)7-5-8/h1-7H,(H2,19,20). The van der Waals surface area contributed by atoms with Crippen LogP contribution in [0.2, 0.25) is 0 Å². The summed E-state index contributed by atoms with van der Waals surface area (Å²) in [6, 6.07) is 10.2. The Balaban J connectivity index is 2.24. The first-order valence-electron chi connectivity index (χ1n) is 6.03. The van der Waals surface area contributed by atoms with Gasteiger partial charge in [-0.25, -0.2) is 8.78 Å². The van der Waals surface area contributed by atoms with Crippen molar-refractivity contribution in [3.05, 3.63) is 58.6 Å². The molecule has 1 heterocycles. The van der Waals surface area contributed by atoms with Gasteiger partial charge in [-0.05, 0) is 45.8 Å². The van der Waals surface area contributed by atoms with Crippen LogP contribution in [0.15, 0.2) is 51.5 Å². The molecule has 0 saturated heterocycles. The van der Waals surface area contributed by atoms with Crippen LogP contribution in [0, 0.1) is 11.6 Å². The minimum absolute atomic E-state index is 0.117. The third kappa shape index (κ3) is 2.42. The third-order valence-corrected chi connectivity index (χ3v) is 3.70. The predicted octanol–water partition coefficient (Wildman–Crippen LogP) is 4.63. The summed E-state index contributed by atoms with van der Waals surface area (Å²) in [6.07, 6.45) is 0. The highest BCUT2D eigenvalue weighted by molar-refractivity contribution is 9.10. The lowest BCUT2D eigenvalue weighted by Gasteiger charge is -2.06. The van der Waals surface area contributed by atoms with Crippen LogP contribution >= 0.6 is 15.9 Å². The highest BCUT2D eigenvalue weighted by Crippen LogP contribution is 2.40. The van der Waals surface area contributed by atoms with Crippen molar-refractivity contribution in [2.24, 2.45) is 0 Å². The number of benzene rings is 2. The molecule has 0 saturated carbocycles. The van der Waals surface area contributed by atoms with Gasteiger partial charge in [-0.2, -0.15) is 0 Å². The lowest BCUT2D eigenvalue weighted by Crippen LogP contribution is -1.91. The highest BCUT2D eigenvalue weighted by atomic mass is 79.9. The van der Waals surface area contributed by atoms with Crippen LogP contribution in [0.1, 0.15) is 0 Å². The monoisotopic (exact) mass is 350 g/mol. The number of halogens is 3. The molecule has 1 aromatic heterocycles. The Bertz CT molecular complexity index is 780. The van der Waals surface area contributed by atoms with Gasteiger partial charge in [-0.1, -0.05) is 23.4 Å². The summed E-state index contributed by atoms with van der Waals surface area (Å²) >= 11 is 3.28. The van der Waals surface area contributed by atoms with E-state index in [0.29, 0.717) is 15.6 Å². The van der Waals surface area contributed by atoms with E-state index in [0.717, 1.165) is 0 Å². The number of nitrogens with zero attached hydrogens (tertiary/aromatic N) is 1. The average Bonchev–Trinajstić information content (AvgIpc) is 2.82. The number of rotatable bonds is 2. The molecule has 106 valence electrons. The number of nitrogen functional groups attached to an aromatic ring is 1. The van der Waals surface area contributed by atoms with Crippen LogP contribution in [0.3, 0.4) is 0 Å². The molecule has 0 aliphatic carbocycles. The van der Waals surface area contributed by atoms with Gasteiger partial charge in [0.15, 0.2) is 11.6 Å². The molecule has 0 aliphatic heterocycles. The first-order chi connectivity index (χ1) is 10.1. The van der Waals surface area contributed by atoms with E-state index in [1.807, 2.05) is 0 Å². The second-order valence-corrected chi connectivity index (χ2v) is 5.23. The Kier molecular flexibility index (Phi) is 3.47. The summed E-state index contributed by atoms with van der Waals surface area (Å²) in [5, 5.41) is 3.70. The first kappa shape index (κ1) is 13.8. The van der Waals surface area contributed by atoms with Crippen LogP contribution in [0.4, 0.5) is 14.6 Å². The lowest BCUT2D eigenvalue weighted by atomic mass is 10.0. The average molecular weight is 351 g/mol. The fourth-order valence-corrected chi connectivity index (χ4v) is 2.61. The van der Waals surface area contributed by atoms with Crippen LogP contribution in [0.5, 0.6) is 0 Å². The van der Waals surface area contributed by atoms with Gasteiger partial charge < -0.3 is 10.3 Å². The van der Waals surface area contributed by atoms with Crippen LogP contribution in [-0.2, 0) is 0 Å². The molecule has 0 bridgehead atoms. The Morgan fingerprint density at radius 2 is 1.71 bits per heavy atom. The zero-order valence-corrected chi connectivity index (χ0v) is 12.2. The molecule has 21 heavy (non-hydrogen) atoms. The normalized spacial score (nSPS) is 10.8. The molecule has 0 fully saturated rings. The minimum atomic E-state index is -0.469. The molecule has 0 atom stereocenters. The number of anilines is 1. The molecule has 0 amide bonds. The van der Waals surface area contributed by atoms with Crippen molar-refractivity contribution in [3.63, 3.8) is 0 Å². The molecule has 0 radical (unpaired) electrons. The second kappa shape index (κ2) is 5.29. The molecule has 2 N–H and O–H groups in total. The van der Waals surface area contributed by atoms with Crippen molar-refractivity contribution in [3.8, 4) is 22.5 Å². The molecular formula is C15H9BrF2N2O. The molecule has 3 nitrogen and oxygen atoms in total. The molecule has 0 aliphatic rings. The number of hydrogen-bond acceptors (Lipinski definition) is 3. The van der Waals surface area contributed by atoms with Gasteiger partial charge in [0.05, 0.1) is 11.1 Å². The lowest BCUT2D eigenvalue weighted by molar-refractivity contribution is 0.433. The molecule has 3 rings (SSSR count). The summed E-state index contributed by atoms with van der Waals surface area (Å²) in [5.74, 6) is -0.526. The summed E-state index contributed by atoms with van der Waals surface area (Å²) < 4.78 is 32.8. The molecule has 0 spiro atoms. The second-order valence-electron chi connectivity index (χ2n) is 4.38. The molecule has 3 aromatic rings. The van der Waals surface area contributed by atoms with Crippen LogP contribution in [-0.4, -0.2) is 5.16 Å². The fourth-order valence-electron chi connectivity index (χ4n) is 2.08. The minimum Gasteiger partial charge on any atom is -0.380 e. The van der Waals surface area contributed by atoms with Gasteiger partial charge in [0.1, 0.15) is 11.6 Å². The largest absolute Gasteiger partial charge is 0.380 e. The zero-order chi connectivity index (χ0) is 15.0. The Morgan fingerprint density at radius 3 is 2.38 bits per heavy atom. The van der Waals surface area contributed by atoms with Crippen molar-refractivity contribution in [1.29, 1.82) is 0 Å². The maximum Gasteiger partial charge on any atom is 0.181 e. The van der Waals surface area contributed by atoms with Gasteiger partial charge in [0, 0.05) is 4.47 Å². The predicted molar refractivity (Wildman–Crippen MR) is 79.4 cm³/mol. The van der Waals surface area contributed by atoms with Gasteiger partial charge in [-0.15, -0.1) is 0 Å². The van der Waals surface area contributed by atoms with Crippen LogP contribution < -0.4 is 5.73 Å². The molecule has 0 unspecified atom stereocenters. The van der Waals surface area contributed by atoms with E-state index < -0.39 is 5.82 Å². The maximum atomic E-state index is 14.1. The summed E-state index contributed by atoms with van der Waals surface area (Å²) in [6.45, 7) is 0. The molecule has 2 aromatic carbocycles. The van der Waals surface area contributed by atoms with E-state index >= 15 is 0 Å². The van der Waals surface area contributed by atoms with Gasteiger partial charge in [0.2, 0.25) is 0 Å². The van der Waals surface area contributed by atoms with E-state index in [1.54, 1.807) is 12.1 Å². The van der Waals surface area contributed by atoms with E-state index in [9.17, 15) is 8.78 Å². The quantitative estimate of drug-likeness (QED) is 0.732. The van der Waals surface area contributed by atoms with Gasteiger partial charge >= 0.3 is 0 Å². The summed E-state index contributed by atoms with van der Waals surface area (Å²) in [4.78, 5) is 0. The first-order valence-corrected chi connectivity index (χ1v) is 6.82. The Labute approximate surface area is 127 Å². The van der Waals surface area contributed by atoms with E-state index in [-0.39, 0.29) is 23.0 Å². The van der Waals surface area contributed by atoms with Crippen molar-refractivity contribution in [1.82, 2.24) is 5.16 Å². The Hall–Kier alpha value is -2.21. The summed E-state index contributed by atoms with van der Waals surface area (Å²) in [7, 11) is 0. The van der Waals surface area contributed by atoms with Gasteiger partial charge in [0.25, 0.3) is 0 Å². The van der Waals surface area contributed by atoms with E-state index in [4.69, 9.17) is 10.3 Å². The van der Waals surface area contributed by atoms with Crippen molar-refractivity contribution in [2.75, 3.05) is 5.73 Å². The molecular weight excluding hydrogens is 342 g/mol. The highest BCUT2D eigenvalue weighted by Gasteiger charge is 2.22. The number of hydrogen-bond donors (Lipinski definition) is 1. The third-order valence-electron chi connectivity index (χ3n) is 3.04. The number of aromatic nitrogens is 1. The van der Waals surface area contributed by atoms with Crippen molar-refractivity contribution < 1.29 is 13.3 Å². The number of nitrogens with two attached hydrogens (primary N) is 1.